The summed E-state index contributed by atoms with van der Waals surface area (Å²) in [6.45, 7) is 9.36. The molecule has 0 bridgehead atoms. The molecule has 1 heteroatoms. The molecule has 13 heavy (non-hydrogen) atoms. The van der Waals surface area contributed by atoms with Crippen LogP contribution in [0.15, 0.2) is 35.6 Å². The Kier molecular flexibility index (Phi) is 7.08. The second-order valence-corrected chi connectivity index (χ2v) is 2.82. The van der Waals surface area contributed by atoms with Gasteiger partial charge in [0.25, 0.3) is 0 Å². The van der Waals surface area contributed by atoms with E-state index in [9.17, 15) is 0 Å². The molecule has 0 amide bonds. The average Bonchev–Trinajstić information content (AvgIpc) is 2.14. The number of rotatable bonds is 5. The van der Waals surface area contributed by atoms with Crippen molar-refractivity contribution in [3.63, 3.8) is 0 Å². The Morgan fingerprint density at radius 1 is 1.08 bits per heavy atom. The molecule has 0 atom stereocenters. The largest absolute Gasteiger partial charge is 0.385 e. The molecule has 1 nitrogen and oxygen atoms in total. The van der Waals surface area contributed by atoms with Crippen molar-refractivity contribution in [2.24, 2.45) is 0 Å². The van der Waals surface area contributed by atoms with Crippen molar-refractivity contribution >= 4 is 0 Å². The van der Waals surface area contributed by atoms with Crippen molar-refractivity contribution in [1.29, 1.82) is 0 Å². The highest BCUT2D eigenvalue weighted by Crippen LogP contribution is 2.09. The Morgan fingerprint density at radius 3 is 2.08 bits per heavy atom. The molecule has 0 unspecified atom stereocenters. The number of allylic oxidation sites excluding steroid dienone is 5. The van der Waals surface area contributed by atoms with Crippen LogP contribution in [-0.2, 0) is 0 Å². The van der Waals surface area contributed by atoms with Gasteiger partial charge in [-0.15, -0.1) is 0 Å². The zero-order valence-electron chi connectivity index (χ0n) is 9.22. The Labute approximate surface area is 82.2 Å². The summed E-state index contributed by atoms with van der Waals surface area (Å²) in [6.07, 6.45) is 9.51. The van der Waals surface area contributed by atoms with Crippen LogP contribution in [0.3, 0.4) is 0 Å². The highest BCUT2D eigenvalue weighted by molar-refractivity contribution is 5.31. The highest BCUT2D eigenvalue weighted by Gasteiger charge is 1.96. The van der Waals surface area contributed by atoms with Gasteiger partial charge < -0.3 is 5.32 Å². The van der Waals surface area contributed by atoms with Crippen molar-refractivity contribution in [2.45, 2.75) is 34.1 Å². The topological polar surface area (TPSA) is 12.0 Å². The van der Waals surface area contributed by atoms with Gasteiger partial charge in [0.05, 0.1) is 0 Å². The Morgan fingerprint density at radius 2 is 1.69 bits per heavy atom. The smallest absolute Gasteiger partial charge is 0.0369 e. The lowest BCUT2D eigenvalue weighted by atomic mass is 10.1. The van der Waals surface area contributed by atoms with Gasteiger partial charge in [0.15, 0.2) is 0 Å². The van der Waals surface area contributed by atoms with Gasteiger partial charge in [-0.2, -0.15) is 0 Å². The van der Waals surface area contributed by atoms with Crippen molar-refractivity contribution in [2.75, 3.05) is 6.54 Å². The van der Waals surface area contributed by atoms with Gasteiger partial charge in [0, 0.05) is 12.2 Å². The van der Waals surface area contributed by atoms with Gasteiger partial charge in [0.1, 0.15) is 0 Å². The molecule has 0 saturated carbocycles. The third-order valence-corrected chi connectivity index (χ3v) is 1.80. The molecule has 1 N–H and O–H groups in total. The molecule has 0 spiro atoms. The van der Waals surface area contributed by atoms with E-state index in [1.54, 1.807) is 0 Å². The van der Waals surface area contributed by atoms with Gasteiger partial charge in [-0.25, -0.2) is 0 Å². The SMILES string of the molecule is C\C=C/C(CC)=C(\C=C/C)NCC. The molecule has 0 fully saturated rings. The molecule has 0 rings (SSSR count). The first kappa shape index (κ1) is 12.0. The summed E-state index contributed by atoms with van der Waals surface area (Å²) in [4.78, 5) is 0. The van der Waals surface area contributed by atoms with Crippen LogP contribution < -0.4 is 5.32 Å². The van der Waals surface area contributed by atoms with Gasteiger partial charge in [0.2, 0.25) is 0 Å². The normalized spacial score (nSPS) is 13.8. The van der Waals surface area contributed by atoms with E-state index in [4.69, 9.17) is 0 Å². The molecule has 0 aromatic heterocycles. The van der Waals surface area contributed by atoms with Crippen LogP contribution in [0.4, 0.5) is 0 Å². The van der Waals surface area contributed by atoms with Crippen molar-refractivity contribution in [3.05, 3.63) is 35.6 Å². The molecule has 0 aromatic carbocycles. The fourth-order valence-electron chi connectivity index (χ4n) is 1.24. The molecule has 0 aliphatic carbocycles. The average molecular weight is 179 g/mol. The highest BCUT2D eigenvalue weighted by atomic mass is 14.9. The molecule has 0 aliphatic heterocycles. The van der Waals surface area contributed by atoms with Crippen LogP contribution in [0.25, 0.3) is 0 Å². The molecule has 0 radical (unpaired) electrons. The van der Waals surface area contributed by atoms with Crippen LogP contribution in [0.5, 0.6) is 0 Å². The minimum Gasteiger partial charge on any atom is -0.385 e. The molecule has 0 heterocycles. The minimum atomic E-state index is 0.973. The fourth-order valence-corrected chi connectivity index (χ4v) is 1.24. The lowest BCUT2D eigenvalue weighted by Gasteiger charge is -2.08. The van der Waals surface area contributed by atoms with Crippen LogP contribution in [0.1, 0.15) is 34.1 Å². The molecule has 74 valence electrons. The first-order valence-electron chi connectivity index (χ1n) is 5.02. The maximum atomic E-state index is 3.36. The second-order valence-electron chi connectivity index (χ2n) is 2.82. The monoisotopic (exact) mass is 179 g/mol. The predicted molar refractivity (Wildman–Crippen MR) is 60.6 cm³/mol. The van der Waals surface area contributed by atoms with E-state index in [1.165, 1.54) is 11.3 Å². The first-order valence-corrected chi connectivity index (χ1v) is 5.02. The number of nitrogens with one attached hydrogen (secondary N) is 1. The molecular weight excluding hydrogens is 158 g/mol. The predicted octanol–water partition coefficient (Wildman–Crippen LogP) is 3.41. The third-order valence-electron chi connectivity index (χ3n) is 1.80. The van der Waals surface area contributed by atoms with E-state index in [0.29, 0.717) is 0 Å². The lowest BCUT2D eigenvalue weighted by molar-refractivity contribution is 0.858. The van der Waals surface area contributed by atoms with Gasteiger partial charge in [-0.3, -0.25) is 0 Å². The van der Waals surface area contributed by atoms with Crippen LogP contribution in [-0.4, -0.2) is 6.54 Å². The number of hydrogen-bond acceptors (Lipinski definition) is 1. The number of hydrogen-bond donors (Lipinski definition) is 1. The Balaban J connectivity index is 4.76. The van der Waals surface area contributed by atoms with Gasteiger partial charge >= 0.3 is 0 Å². The second kappa shape index (κ2) is 7.66. The van der Waals surface area contributed by atoms with E-state index in [-0.39, 0.29) is 0 Å². The first-order chi connectivity index (χ1) is 6.29. The van der Waals surface area contributed by atoms with E-state index in [0.717, 1.165) is 13.0 Å². The van der Waals surface area contributed by atoms with Crippen LogP contribution in [0, 0.1) is 0 Å². The van der Waals surface area contributed by atoms with Crippen LogP contribution >= 0.6 is 0 Å². The van der Waals surface area contributed by atoms with E-state index < -0.39 is 0 Å². The molecule has 0 aliphatic rings. The standard InChI is InChI=1S/C12H21N/c1-5-9-11(7-3)12(10-6-2)13-8-4/h5-6,9-10,13H,7-8H2,1-4H3/b9-5-,10-6-,12-11+. The van der Waals surface area contributed by atoms with E-state index >= 15 is 0 Å². The summed E-state index contributed by atoms with van der Waals surface area (Å²) in [5.74, 6) is 0. The van der Waals surface area contributed by atoms with Gasteiger partial charge in [-0.05, 0) is 38.8 Å². The zero-order chi connectivity index (χ0) is 10.1. The minimum absolute atomic E-state index is 0.973. The van der Waals surface area contributed by atoms with Gasteiger partial charge in [-0.1, -0.05) is 25.2 Å². The molecule has 0 aromatic rings. The summed E-state index contributed by atoms with van der Waals surface area (Å²) in [5.41, 5.74) is 2.60. The summed E-state index contributed by atoms with van der Waals surface area (Å²) < 4.78 is 0. The summed E-state index contributed by atoms with van der Waals surface area (Å²) in [6, 6.07) is 0. The van der Waals surface area contributed by atoms with Crippen molar-refractivity contribution < 1.29 is 0 Å². The Hall–Kier alpha value is -0.980. The summed E-state index contributed by atoms with van der Waals surface area (Å²) >= 11 is 0. The van der Waals surface area contributed by atoms with E-state index in [2.05, 4.69) is 50.4 Å². The summed E-state index contributed by atoms with van der Waals surface area (Å²) in [7, 11) is 0. The Bertz CT molecular complexity index is 209. The summed E-state index contributed by atoms with van der Waals surface area (Å²) in [5, 5.41) is 3.36. The molecular formula is C12H21N. The maximum Gasteiger partial charge on any atom is 0.0369 e. The lowest BCUT2D eigenvalue weighted by Crippen LogP contribution is -2.12. The van der Waals surface area contributed by atoms with Crippen LogP contribution in [0.2, 0.25) is 0 Å². The van der Waals surface area contributed by atoms with Crippen molar-refractivity contribution in [3.8, 4) is 0 Å². The quantitative estimate of drug-likeness (QED) is 0.638. The maximum absolute atomic E-state index is 3.36. The zero-order valence-corrected chi connectivity index (χ0v) is 9.22. The molecule has 0 saturated heterocycles. The van der Waals surface area contributed by atoms with Crippen molar-refractivity contribution in [1.82, 2.24) is 5.32 Å². The van der Waals surface area contributed by atoms with E-state index in [1.807, 2.05) is 6.92 Å². The number of likely N-dealkylation sites (N-methyl/N-ethyl adjacent to an activating group) is 1. The fraction of sp³-hybridized carbons (Fsp3) is 0.500. The third kappa shape index (κ3) is 4.56.